The molecule has 2 aromatic rings. The number of alkyl halides is 3. The topological polar surface area (TPSA) is 80.0 Å². The van der Waals surface area contributed by atoms with E-state index in [2.05, 4.69) is 35.4 Å². The zero-order chi connectivity index (χ0) is 17.9. The van der Waals surface area contributed by atoms with Crippen molar-refractivity contribution in [3.8, 4) is 0 Å². The van der Waals surface area contributed by atoms with Crippen LogP contribution < -0.4 is 10.6 Å². The van der Waals surface area contributed by atoms with Crippen LogP contribution in [0.2, 0.25) is 0 Å². The van der Waals surface area contributed by atoms with Gasteiger partial charge < -0.3 is 15.2 Å². The number of guanidine groups is 1. The summed E-state index contributed by atoms with van der Waals surface area (Å²) in [4.78, 5) is 7.64. The van der Waals surface area contributed by atoms with E-state index in [1.807, 2.05) is 0 Å². The zero-order valence-corrected chi connectivity index (χ0v) is 17.2. The monoisotopic (exact) mass is 501 g/mol. The fraction of sp³-hybridized carbons (Fsp3) is 0.571. The van der Waals surface area contributed by atoms with Crippen molar-refractivity contribution in [3.05, 3.63) is 27.7 Å². The van der Waals surface area contributed by atoms with Crippen molar-refractivity contribution < 1.29 is 13.2 Å². The van der Waals surface area contributed by atoms with Crippen LogP contribution in [-0.4, -0.2) is 32.8 Å². The largest absolute Gasteiger partial charge is 0.434 e. The van der Waals surface area contributed by atoms with Gasteiger partial charge in [0.05, 0.1) is 13.1 Å². The highest BCUT2D eigenvalue weighted by atomic mass is 127. The predicted octanol–water partition coefficient (Wildman–Crippen LogP) is 2.57. The minimum Gasteiger partial charge on any atom is -0.350 e. The van der Waals surface area contributed by atoms with E-state index in [4.69, 9.17) is 0 Å². The van der Waals surface area contributed by atoms with Gasteiger partial charge in [-0.1, -0.05) is 0 Å². The molecule has 3 rings (SSSR count). The number of hydrogen-bond donors (Lipinski definition) is 2. The molecule has 0 saturated heterocycles. The lowest BCUT2D eigenvalue weighted by Crippen LogP contribution is -2.37. The number of halogens is 4. The minimum atomic E-state index is -4.42. The van der Waals surface area contributed by atoms with Gasteiger partial charge in [-0.05, 0) is 12.8 Å². The van der Waals surface area contributed by atoms with Crippen molar-refractivity contribution in [2.75, 3.05) is 7.05 Å². The Labute approximate surface area is 169 Å². The van der Waals surface area contributed by atoms with E-state index in [0.717, 1.165) is 54.2 Å². The maximum atomic E-state index is 12.6. The van der Waals surface area contributed by atoms with Gasteiger partial charge in [0.2, 0.25) is 0 Å². The van der Waals surface area contributed by atoms with Crippen LogP contribution in [0.25, 0.3) is 0 Å². The molecular weight excluding hydrogens is 482 g/mol. The van der Waals surface area contributed by atoms with Crippen LogP contribution in [0.5, 0.6) is 0 Å². The average molecular weight is 501 g/mol. The molecule has 0 radical (unpaired) electrons. The van der Waals surface area contributed by atoms with E-state index in [1.54, 1.807) is 7.05 Å². The van der Waals surface area contributed by atoms with Crippen molar-refractivity contribution in [2.45, 2.75) is 45.1 Å². The van der Waals surface area contributed by atoms with E-state index in [0.29, 0.717) is 17.5 Å². The highest BCUT2D eigenvalue weighted by Crippen LogP contribution is 2.29. The molecular formula is C14H19F3IN7S. The van der Waals surface area contributed by atoms with Crippen molar-refractivity contribution in [1.82, 2.24) is 30.4 Å². The maximum absolute atomic E-state index is 12.6. The van der Waals surface area contributed by atoms with E-state index in [9.17, 15) is 13.2 Å². The Morgan fingerprint density at radius 1 is 1.27 bits per heavy atom. The molecule has 7 nitrogen and oxygen atoms in total. The second kappa shape index (κ2) is 8.97. The molecule has 3 heterocycles. The first-order valence-electron chi connectivity index (χ1n) is 7.84. The Kier molecular flexibility index (Phi) is 7.20. The third-order valence-corrected chi connectivity index (χ3v) is 4.67. The van der Waals surface area contributed by atoms with Crippen LogP contribution in [0.15, 0.2) is 10.4 Å². The summed E-state index contributed by atoms with van der Waals surface area (Å²) in [7, 11) is 1.59. The maximum Gasteiger partial charge on any atom is 0.434 e. The third kappa shape index (κ3) is 5.05. The highest BCUT2D eigenvalue weighted by Gasteiger charge is 2.33. The highest BCUT2D eigenvalue weighted by molar-refractivity contribution is 14.0. The van der Waals surface area contributed by atoms with Gasteiger partial charge in [0.1, 0.15) is 10.8 Å². The molecule has 2 N–H and O–H groups in total. The van der Waals surface area contributed by atoms with Crippen molar-refractivity contribution in [3.63, 3.8) is 0 Å². The quantitative estimate of drug-likeness (QED) is 0.383. The molecule has 0 bridgehead atoms. The number of thiazole rings is 1. The van der Waals surface area contributed by atoms with E-state index in [-0.39, 0.29) is 30.5 Å². The summed E-state index contributed by atoms with van der Waals surface area (Å²) in [6.45, 7) is 1.52. The Hall–Kier alpha value is -1.44. The number of nitrogens with zero attached hydrogens (tertiary/aromatic N) is 5. The molecule has 26 heavy (non-hydrogen) atoms. The minimum absolute atomic E-state index is 0. The molecule has 1 aliphatic rings. The SMILES string of the molecule is CN=C(NCc1nc(C(F)(F)F)cs1)NCc1nnc2n1CCCC2.I. The molecule has 0 aromatic carbocycles. The summed E-state index contributed by atoms with van der Waals surface area (Å²) >= 11 is 0.960. The van der Waals surface area contributed by atoms with E-state index in [1.165, 1.54) is 0 Å². The number of aromatic nitrogens is 4. The summed E-state index contributed by atoms with van der Waals surface area (Å²) < 4.78 is 39.8. The van der Waals surface area contributed by atoms with Crippen molar-refractivity contribution in [2.24, 2.45) is 4.99 Å². The molecule has 2 aromatic heterocycles. The summed E-state index contributed by atoms with van der Waals surface area (Å²) in [5.74, 6) is 2.29. The lowest BCUT2D eigenvalue weighted by atomic mass is 10.2. The first-order chi connectivity index (χ1) is 12.0. The molecule has 0 spiro atoms. The summed E-state index contributed by atoms with van der Waals surface area (Å²) in [6.07, 6.45) is -1.24. The molecule has 0 aliphatic carbocycles. The zero-order valence-electron chi connectivity index (χ0n) is 14.0. The molecule has 144 valence electrons. The average Bonchev–Trinajstić information content (AvgIpc) is 3.22. The number of fused-ring (bicyclic) bond motifs is 1. The number of aryl methyl sites for hydroxylation is 1. The van der Waals surface area contributed by atoms with Gasteiger partial charge in [-0.3, -0.25) is 4.99 Å². The van der Waals surface area contributed by atoms with Crippen LogP contribution in [0.4, 0.5) is 13.2 Å². The van der Waals surface area contributed by atoms with Crippen LogP contribution in [0.3, 0.4) is 0 Å². The first-order valence-corrected chi connectivity index (χ1v) is 8.72. The fourth-order valence-corrected chi connectivity index (χ4v) is 3.30. The summed E-state index contributed by atoms with van der Waals surface area (Å²) in [5, 5.41) is 15.8. The van der Waals surface area contributed by atoms with Gasteiger partial charge in [-0.25, -0.2) is 4.98 Å². The molecule has 0 saturated carbocycles. The van der Waals surface area contributed by atoms with Crippen LogP contribution in [0.1, 0.15) is 35.2 Å². The Morgan fingerprint density at radius 3 is 2.73 bits per heavy atom. The van der Waals surface area contributed by atoms with Crippen LogP contribution >= 0.6 is 35.3 Å². The van der Waals surface area contributed by atoms with Crippen LogP contribution in [-0.2, 0) is 32.2 Å². The lowest BCUT2D eigenvalue weighted by Gasteiger charge is -2.15. The third-order valence-electron chi connectivity index (χ3n) is 3.82. The molecule has 12 heteroatoms. The van der Waals surface area contributed by atoms with Gasteiger partial charge in [0, 0.05) is 25.4 Å². The normalized spacial score (nSPS) is 14.5. The first kappa shape index (κ1) is 20.9. The summed E-state index contributed by atoms with van der Waals surface area (Å²) in [5.41, 5.74) is -0.868. The number of rotatable bonds is 4. The van der Waals surface area contributed by atoms with Crippen molar-refractivity contribution in [1.29, 1.82) is 0 Å². The molecule has 1 aliphatic heterocycles. The Bertz CT molecular complexity index is 756. The molecule has 0 fully saturated rings. The van der Waals surface area contributed by atoms with Gasteiger partial charge >= 0.3 is 6.18 Å². The number of aliphatic imine (C=N–C) groups is 1. The van der Waals surface area contributed by atoms with Gasteiger partial charge in [-0.2, -0.15) is 13.2 Å². The molecule has 0 atom stereocenters. The van der Waals surface area contributed by atoms with Crippen molar-refractivity contribution >= 4 is 41.3 Å². The lowest BCUT2D eigenvalue weighted by molar-refractivity contribution is -0.140. The smallest absolute Gasteiger partial charge is 0.350 e. The van der Waals surface area contributed by atoms with Crippen LogP contribution in [0, 0.1) is 0 Å². The Balaban J connectivity index is 0.00000243. The second-order valence-corrected chi connectivity index (χ2v) is 6.49. The van der Waals surface area contributed by atoms with E-state index >= 15 is 0 Å². The number of nitrogens with one attached hydrogen (secondary N) is 2. The van der Waals surface area contributed by atoms with Gasteiger partial charge in [-0.15, -0.1) is 45.5 Å². The molecule has 0 amide bonds. The number of hydrogen-bond acceptors (Lipinski definition) is 5. The fourth-order valence-electron chi connectivity index (χ4n) is 2.56. The Morgan fingerprint density at radius 2 is 2.04 bits per heavy atom. The molecule has 0 unspecified atom stereocenters. The van der Waals surface area contributed by atoms with E-state index < -0.39 is 11.9 Å². The predicted molar refractivity (Wildman–Crippen MR) is 103 cm³/mol. The summed E-state index contributed by atoms with van der Waals surface area (Å²) in [6, 6.07) is 0. The van der Waals surface area contributed by atoms with Gasteiger partial charge in [0.25, 0.3) is 0 Å². The second-order valence-electron chi connectivity index (χ2n) is 5.54. The standard InChI is InChI=1S/C14H18F3N7S.HI/c1-18-13(20-7-12-21-9(8-25-12)14(15,16)17)19-6-11-23-22-10-4-2-3-5-24(10)11;/h8H,2-7H2,1H3,(H2,18,19,20);1H. The van der Waals surface area contributed by atoms with Gasteiger partial charge in [0.15, 0.2) is 17.5 Å².